The van der Waals surface area contributed by atoms with Gasteiger partial charge in [0, 0.05) is 17.6 Å². The smallest absolute Gasteiger partial charge is 0.115 e. The number of benzene rings is 1. The number of phenolic OH excluding ortho intramolecular Hbond substituents is 1. The third-order valence-corrected chi connectivity index (χ3v) is 3.11. The highest BCUT2D eigenvalue weighted by Crippen LogP contribution is 2.20. The van der Waals surface area contributed by atoms with Crippen LogP contribution in [0.2, 0.25) is 0 Å². The van der Waals surface area contributed by atoms with E-state index in [1.54, 1.807) is 23.5 Å². The lowest BCUT2D eigenvalue weighted by Crippen LogP contribution is -1.98. The fourth-order valence-electron chi connectivity index (χ4n) is 1.41. The lowest BCUT2D eigenvalue weighted by molar-refractivity contribution is 0.474. The molecular weight excluding hydrogens is 206 g/mol. The minimum absolute atomic E-state index is 0.316. The van der Waals surface area contributed by atoms with Crippen molar-refractivity contribution in [3.05, 3.63) is 46.2 Å². The molecule has 2 aromatic rings. The van der Waals surface area contributed by atoms with Crippen molar-refractivity contribution in [3.63, 3.8) is 0 Å². The van der Waals surface area contributed by atoms with E-state index in [2.05, 4.69) is 23.0 Å². The average Bonchev–Trinajstić information content (AvgIpc) is 2.61. The largest absolute Gasteiger partial charge is 0.508 e. The molecule has 15 heavy (non-hydrogen) atoms. The van der Waals surface area contributed by atoms with Gasteiger partial charge in [0.2, 0.25) is 0 Å². The van der Waals surface area contributed by atoms with Crippen molar-refractivity contribution < 1.29 is 5.11 Å². The van der Waals surface area contributed by atoms with Crippen LogP contribution in [-0.4, -0.2) is 5.11 Å². The quantitative estimate of drug-likeness (QED) is 0.829. The van der Waals surface area contributed by atoms with Crippen LogP contribution in [-0.2, 0) is 6.54 Å². The Morgan fingerprint density at radius 2 is 2.20 bits per heavy atom. The van der Waals surface area contributed by atoms with Crippen molar-refractivity contribution >= 4 is 17.0 Å². The highest BCUT2D eigenvalue weighted by atomic mass is 32.1. The van der Waals surface area contributed by atoms with Gasteiger partial charge in [0.1, 0.15) is 5.75 Å². The molecular formula is C12H13NOS. The summed E-state index contributed by atoms with van der Waals surface area (Å²) in [6, 6.07) is 7.30. The Morgan fingerprint density at radius 3 is 2.87 bits per heavy atom. The Balaban J connectivity index is 2.02. The van der Waals surface area contributed by atoms with E-state index in [1.165, 1.54) is 11.3 Å². The summed E-state index contributed by atoms with van der Waals surface area (Å²) in [5.41, 5.74) is 3.52. The normalized spacial score (nSPS) is 10.2. The Kier molecular flexibility index (Phi) is 2.92. The molecule has 1 aromatic heterocycles. The lowest BCUT2D eigenvalue weighted by Gasteiger charge is -2.05. The predicted molar refractivity (Wildman–Crippen MR) is 64.5 cm³/mol. The van der Waals surface area contributed by atoms with Crippen LogP contribution >= 0.6 is 11.3 Å². The summed E-state index contributed by atoms with van der Waals surface area (Å²) in [6.45, 7) is 2.83. The fourth-order valence-corrected chi connectivity index (χ4v) is 2.21. The predicted octanol–water partition coefficient (Wildman–Crippen LogP) is 3.37. The molecule has 3 heteroatoms. The number of nitrogens with one attached hydrogen (secondary N) is 1. The molecule has 0 saturated heterocycles. The molecule has 0 bridgehead atoms. The molecule has 1 aromatic carbocycles. The van der Waals surface area contributed by atoms with Crippen LogP contribution in [0, 0.1) is 6.92 Å². The van der Waals surface area contributed by atoms with Gasteiger partial charge in [-0.15, -0.1) is 11.3 Å². The van der Waals surface area contributed by atoms with E-state index in [-0.39, 0.29) is 0 Å². The number of phenols is 1. The van der Waals surface area contributed by atoms with Crippen molar-refractivity contribution in [2.45, 2.75) is 13.5 Å². The van der Waals surface area contributed by atoms with Crippen molar-refractivity contribution in [2.24, 2.45) is 0 Å². The van der Waals surface area contributed by atoms with Gasteiger partial charge in [-0.25, -0.2) is 0 Å². The molecule has 0 radical (unpaired) electrons. The SMILES string of the molecule is Cc1cscc1NCc1cccc(O)c1. The summed E-state index contributed by atoms with van der Waals surface area (Å²) in [4.78, 5) is 0. The molecule has 2 rings (SSSR count). The lowest BCUT2D eigenvalue weighted by atomic mass is 10.2. The molecule has 78 valence electrons. The summed E-state index contributed by atoms with van der Waals surface area (Å²) in [5.74, 6) is 0.316. The van der Waals surface area contributed by atoms with Gasteiger partial charge in [0.05, 0.1) is 0 Å². The van der Waals surface area contributed by atoms with Crippen molar-refractivity contribution in [2.75, 3.05) is 5.32 Å². The first-order valence-electron chi connectivity index (χ1n) is 4.80. The number of thiophene rings is 1. The minimum atomic E-state index is 0.316. The van der Waals surface area contributed by atoms with Crippen LogP contribution in [0.1, 0.15) is 11.1 Å². The van der Waals surface area contributed by atoms with Gasteiger partial charge in [0.25, 0.3) is 0 Å². The molecule has 2 nitrogen and oxygen atoms in total. The van der Waals surface area contributed by atoms with Gasteiger partial charge in [-0.1, -0.05) is 12.1 Å². The second-order valence-corrected chi connectivity index (χ2v) is 4.24. The van der Waals surface area contributed by atoms with E-state index in [0.29, 0.717) is 5.75 Å². The highest BCUT2D eigenvalue weighted by molar-refractivity contribution is 7.08. The van der Waals surface area contributed by atoms with E-state index in [1.807, 2.05) is 12.1 Å². The molecule has 0 saturated carbocycles. The van der Waals surface area contributed by atoms with Gasteiger partial charge in [0.15, 0.2) is 0 Å². The van der Waals surface area contributed by atoms with E-state index in [9.17, 15) is 5.11 Å². The van der Waals surface area contributed by atoms with Crippen LogP contribution < -0.4 is 5.32 Å². The number of anilines is 1. The average molecular weight is 219 g/mol. The van der Waals surface area contributed by atoms with Crippen molar-refractivity contribution in [1.29, 1.82) is 0 Å². The maximum absolute atomic E-state index is 9.30. The number of aromatic hydroxyl groups is 1. The van der Waals surface area contributed by atoms with Gasteiger partial charge < -0.3 is 10.4 Å². The van der Waals surface area contributed by atoms with Crippen LogP contribution in [0.5, 0.6) is 5.75 Å². The molecule has 2 N–H and O–H groups in total. The third-order valence-electron chi connectivity index (χ3n) is 2.25. The van der Waals surface area contributed by atoms with Gasteiger partial charge >= 0.3 is 0 Å². The minimum Gasteiger partial charge on any atom is -0.508 e. The highest BCUT2D eigenvalue weighted by Gasteiger charge is 1.99. The molecule has 0 aliphatic heterocycles. The topological polar surface area (TPSA) is 32.3 Å². The molecule has 0 aliphatic carbocycles. The van der Waals surface area contributed by atoms with Crippen molar-refractivity contribution in [3.8, 4) is 5.75 Å². The van der Waals surface area contributed by atoms with Crippen LogP contribution in [0.15, 0.2) is 35.0 Å². The second-order valence-electron chi connectivity index (χ2n) is 3.49. The molecule has 0 unspecified atom stereocenters. The summed E-state index contributed by atoms with van der Waals surface area (Å²) >= 11 is 1.69. The number of rotatable bonds is 3. The van der Waals surface area contributed by atoms with E-state index < -0.39 is 0 Å². The first-order chi connectivity index (χ1) is 7.25. The maximum atomic E-state index is 9.30. The molecule has 0 spiro atoms. The number of hydrogen-bond donors (Lipinski definition) is 2. The monoisotopic (exact) mass is 219 g/mol. The zero-order valence-corrected chi connectivity index (χ0v) is 9.34. The van der Waals surface area contributed by atoms with E-state index in [0.717, 1.165) is 12.1 Å². The van der Waals surface area contributed by atoms with Gasteiger partial charge in [-0.3, -0.25) is 0 Å². The van der Waals surface area contributed by atoms with Crippen LogP contribution in [0.25, 0.3) is 0 Å². The molecule has 1 heterocycles. The third kappa shape index (κ3) is 2.50. The Bertz CT molecular complexity index is 450. The number of hydrogen-bond acceptors (Lipinski definition) is 3. The first kappa shape index (κ1) is 10.1. The zero-order chi connectivity index (χ0) is 10.7. The van der Waals surface area contributed by atoms with E-state index >= 15 is 0 Å². The van der Waals surface area contributed by atoms with Gasteiger partial charge in [-0.2, -0.15) is 0 Å². The summed E-state index contributed by atoms with van der Waals surface area (Å²) < 4.78 is 0. The molecule has 0 atom stereocenters. The standard InChI is InChI=1S/C12H13NOS/c1-9-7-15-8-12(9)13-6-10-3-2-4-11(14)5-10/h2-5,7-8,13-14H,6H2,1H3. The van der Waals surface area contributed by atoms with Crippen LogP contribution in [0.4, 0.5) is 5.69 Å². The van der Waals surface area contributed by atoms with Gasteiger partial charge in [-0.05, 0) is 35.6 Å². The molecule has 0 fully saturated rings. The summed E-state index contributed by atoms with van der Waals surface area (Å²) in [6.07, 6.45) is 0. The van der Waals surface area contributed by atoms with Crippen LogP contribution in [0.3, 0.4) is 0 Å². The Hall–Kier alpha value is -1.48. The Labute approximate surface area is 93.2 Å². The van der Waals surface area contributed by atoms with E-state index in [4.69, 9.17) is 0 Å². The summed E-state index contributed by atoms with van der Waals surface area (Å²) in [5, 5.41) is 16.8. The fraction of sp³-hybridized carbons (Fsp3) is 0.167. The molecule has 0 amide bonds. The second kappa shape index (κ2) is 4.36. The summed E-state index contributed by atoms with van der Waals surface area (Å²) in [7, 11) is 0. The number of aryl methyl sites for hydroxylation is 1. The Morgan fingerprint density at radius 1 is 1.33 bits per heavy atom. The van der Waals surface area contributed by atoms with Crippen molar-refractivity contribution in [1.82, 2.24) is 0 Å². The maximum Gasteiger partial charge on any atom is 0.115 e. The molecule has 0 aliphatic rings. The first-order valence-corrected chi connectivity index (χ1v) is 5.74. The zero-order valence-electron chi connectivity index (χ0n) is 8.53.